The van der Waals surface area contributed by atoms with E-state index in [2.05, 4.69) is 42.7 Å². The van der Waals surface area contributed by atoms with Gasteiger partial charge in [-0.2, -0.15) is 0 Å². The normalized spacial score (nSPS) is 10.5. The fraction of sp³-hybridized carbons (Fsp3) is 0.240. The first-order chi connectivity index (χ1) is 14.9. The van der Waals surface area contributed by atoms with Gasteiger partial charge in [0.05, 0.1) is 7.11 Å². The summed E-state index contributed by atoms with van der Waals surface area (Å²) in [4.78, 5) is 12.2. The topological polar surface area (TPSA) is 59.6 Å². The maximum atomic E-state index is 12.2. The number of aryl methyl sites for hydroxylation is 3. The molecule has 0 aliphatic heterocycles. The molecule has 3 aromatic rings. The summed E-state index contributed by atoms with van der Waals surface area (Å²) in [6.07, 6.45) is 0. The lowest BCUT2D eigenvalue weighted by molar-refractivity contribution is -0.118. The minimum Gasteiger partial charge on any atom is -0.493 e. The van der Waals surface area contributed by atoms with Crippen molar-refractivity contribution in [1.29, 1.82) is 0 Å². The average molecular weight is 439 g/mol. The lowest BCUT2D eigenvalue weighted by Crippen LogP contribution is -2.20. The van der Waals surface area contributed by atoms with Crippen LogP contribution in [0.2, 0.25) is 5.02 Å². The Balaban J connectivity index is 1.59. The molecule has 1 amide bonds. The molecule has 5 nitrogen and oxygen atoms in total. The Bertz CT molecular complexity index is 1080. The van der Waals surface area contributed by atoms with Gasteiger partial charge in [0.1, 0.15) is 0 Å². The van der Waals surface area contributed by atoms with E-state index in [0.717, 1.165) is 16.8 Å². The summed E-state index contributed by atoms with van der Waals surface area (Å²) in [5.74, 6) is 0.809. The molecule has 0 bridgehead atoms. The molecular formula is C25H27ClN2O3. The SMILES string of the molecule is COc1cc(CNc2cc(C)ccc2C)ccc1OCC(=O)Nc1ccc(C)c(Cl)c1. The highest BCUT2D eigenvalue weighted by Crippen LogP contribution is 2.29. The van der Waals surface area contributed by atoms with Crippen LogP contribution in [0.4, 0.5) is 11.4 Å². The second-order valence-corrected chi connectivity index (χ2v) is 7.87. The second-order valence-electron chi connectivity index (χ2n) is 7.46. The Labute approximate surface area is 188 Å². The van der Waals surface area contributed by atoms with Crippen LogP contribution in [-0.4, -0.2) is 19.6 Å². The van der Waals surface area contributed by atoms with Gasteiger partial charge in [-0.15, -0.1) is 0 Å². The van der Waals surface area contributed by atoms with E-state index in [-0.39, 0.29) is 12.5 Å². The van der Waals surface area contributed by atoms with Crippen LogP contribution in [0.5, 0.6) is 11.5 Å². The van der Waals surface area contributed by atoms with E-state index in [1.807, 2.05) is 31.2 Å². The van der Waals surface area contributed by atoms with Gasteiger partial charge in [-0.1, -0.05) is 35.9 Å². The number of benzene rings is 3. The number of amides is 1. The molecule has 2 N–H and O–H groups in total. The number of hydrogen-bond acceptors (Lipinski definition) is 4. The van der Waals surface area contributed by atoms with Crippen LogP contribution in [0.25, 0.3) is 0 Å². The molecular weight excluding hydrogens is 412 g/mol. The second kappa shape index (κ2) is 10.2. The van der Waals surface area contributed by atoms with Crippen molar-refractivity contribution in [1.82, 2.24) is 0 Å². The summed E-state index contributed by atoms with van der Waals surface area (Å²) in [7, 11) is 1.58. The Morgan fingerprint density at radius 2 is 1.71 bits per heavy atom. The van der Waals surface area contributed by atoms with Crippen molar-refractivity contribution in [2.75, 3.05) is 24.4 Å². The zero-order valence-corrected chi connectivity index (χ0v) is 19.0. The van der Waals surface area contributed by atoms with Crippen LogP contribution in [-0.2, 0) is 11.3 Å². The predicted octanol–water partition coefficient (Wildman–Crippen LogP) is 5.90. The van der Waals surface area contributed by atoms with Gasteiger partial charge in [-0.05, 0) is 73.4 Å². The first-order valence-electron chi connectivity index (χ1n) is 10.0. The van der Waals surface area contributed by atoms with E-state index >= 15 is 0 Å². The number of ether oxygens (including phenoxy) is 2. The number of hydrogen-bond donors (Lipinski definition) is 2. The van der Waals surface area contributed by atoms with Gasteiger partial charge in [0.25, 0.3) is 5.91 Å². The van der Waals surface area contributed by atoms with Crippen LogP contribution in [0, 0.1) is 20.8 Å². The van der Waals surface area contributed by atoms with Crippen molar-refractivity contribution in [2.45, 2.75) is 27.3 Å². The summed E-state index contributed by atoms with van der Waals surface area (Å²) in [6.45, 7) is 6.57. The number of rotatable bonds is 8. The highest BCUT2D eigenvalue weighted by atomic mass is 35.5. The molecule has 0 spiro atoms. The Kier molecular flexibility index (Phi) is 7.42. The lowest BCUT2D eigenvalue weighted by atomic mass is 10.1. The molecule has 0 aliphatic rings. The Morgan fingerprint density at radius 3 is 2.45 bits per heavy atom. The van der Waals surface area contributed by atoms with E-state index < -0.39 is 0 Å². The molecule has 0 atom stereocenters. The third-order valence-electron chi connectivity index (χ3n) is 4.92. The monoisotopic (exact) mass is 438 g/mol. The van der Waals surface area contributed by atoms with Crippen molar-refractivity contribution < 1.29 is 14.3 Å². The number of carbonyl (C=O) groups is 1. The first kappa shape index (κ1) is 22.5. The minimum atomic E-state index is -0.275. The van der Waals surface area contributed by atoms with E-state index in [1.54, 1.807) is 19.2 Å². The third kappa shape index (κ3) is 6.15. The molecule has 0 aliphatic carbocycles. The molecule has 31 heavy (non-hydrogen) atoms. The van der Waals surface area contributed by atoms with Crippen LogP contribution in [0.15, 0.2) is 54.6 Å². The smallest absolute Gasteiger partial charge is 0.262 e. The molecule has 6 heteroatoms. The molecule has 0 saturated heterocycles. The van der Waals surface area contributed by atoms with Gasteiger partial charge in [0.2, 0.25) is 0 Å². The molecule has 3 aromatic carbocycles. The Morgan fingerprint density at radius 1 is 0.935 bits per heavy atom. The fourth-order valence-electron chi connectivity index (χ4n) is 3.08. The Hall–Kier alpha value is -3.18. The van der Waals surface area contributed by atoms with Crippen LogP contribution in [0.3, 0.4) is 0 Å². The minimum absolute atomic E-state index is 0.137. The van der Waals surface area contributed by atoms with E-state index in [4.69, 9.17) is 21.1 Å². The maximum Gasteiger partial charge on any atom is 0.262 e. The van der Waals surface area contributed by atoms with Crippen molar-refractivity contribution in [3.63, 3.8) is 0 Å². The van der Waals surface area contributed by atoms with E-state index in [9.17, 15) is 4.79 Å². The molecule has 0 fully saturated rings. The summed E-state index contributed by atoms with van der Waals surface area (Å²) in [5.41, 5.74) is 6.13. The zero-order chi connectivity index (χ0) is 22.4. The van der Waals surface area contributed by atoms with Gasteiger partial charge in [0, 0.05) is 22.9 Å². The standard InChI is InChI=1S/C25H27ClN2O3/c1-16-5-6-18(3)22(11-16)27-14-19-8-10-23(24(12-19)30-4)31-15-25(29)28-20-9-7-17(2)21(26)13-20/h5-13,27H,14-15H2,1-4H3,(H,28,29). The van der Waals surface area contributed by atoms with Crippen molar-refractivity contribution in [3.8, 4) is 11.5 Å². The largest absolute Gasteiger partial charge is 0.493 e. The van der Waals surface area contributed by atoms with Gasteiger partial charge in [-0.25, -0.2) is 0 Å². The van der Waals surface area contributed by atoms with E-state index in [0.29, 0.717) is 28.8 Å². The molecule has 0 saturated carbocycles. The fourth-order valence-corrected chi connectivity index (χ4v) is 3.26. The first-order valence-corrected chi connectivity index (χ1v) is 10.4. The van der Waals surface area contributed by atoms with E-state index in [1.165, 1.54) is 11.1 Å². The summed E-state index contributed by atoms with van der Waals surface area (Å²) >= 11 is 6.10. The molecule has 0 aromatic heterocycles. The predicted molar refractivity (Wildman–Crippen MR) is 127 cm³/mol. The highest BCUT2D eigenvalue weighted by Gasteiger charge is 2.10. The maximum absolute atomic E-state index is 12.2. The molecule has 0 radical (unpaired) electrons. The average Bonchev–Trinajstić information content (AvgIpc) is 2.75. The van der Waals surface area contributed by atoms with Crippen LogP contribution < -0.4 is 20.1 Å². The number of methoxy groups -OCH3 is 1. The highest BCUT2D eigenvalue weighted by molar-refractivity contribution is 6.31. The molecule has 162 valence electrons. The van der Waals surface area contributed by atoms with Crippen molar-refractivity contribution in [3.05, 3.63) is 81.9 Å². The summed E-state index contributed by atoms with van der Waals surface area (Å²) < 4.78 is 11.1. The number of carbonyl (C=O) groups excluding carboxylic acids is 1. The molecule has 0 unspecified atom stereocenters. The van der Waals surface area contributed by atoms with Gasteiger partial charge in [0.15, 0.2) is 18.1 Å². The zero-order valence-electron chi connectivity index (χ0n) is 18.2. The van der Waals surface area contributed by atoms with Gasteiger partial charge in [-0.3, -0.25) is 4.79 Å². The number of anilines is 2. The van der Waals surface area contributed by atoms with Gasteiger partial charge >= 0.3 is 0 Å². The summed E-state index contributed by atoms with van der Waals surface area (Å²) in [6, 6.07) is 17.4. The van der Waals surface area contributed by atoms with Gasteiger partial charge < -0.3 is 20.1 Å². The number of halogens is 1. The number of nitrogens with one attached hydrogen (secondary N) is 2. The van der Waals surface area contributed by atoms with Crippen molar-refractivity contribution >= 4 is 28.9 Å². The molecule has 3 rings (SSSR count). The quantitative estimate of drug-likeness (QED) is 0.459. The van der Waals surface area contributed by atoms with Crippen LogP contribution in [0.1, 0.15) is 22.3 Å². The van der Waals surface area contributed by atoms with Crippen LogP contribution >= 0.6 is 11.6 Å². The lowest BCUT2D eigenvalue weighted by Gasteiger charge is -2.14. The third-order valence-corrected chi connectivity index (χ3v) is 5.33. The molecule has 0 heterocycles. The van der Waals surface area contributed by atoms with Crippen molar-refractivity contribution in [2.24, 2.45) is 0 Å². The summed E-state index contributed by atoms with van der Waals surface area (Å²) in [5, 5.41) is 6.84.